The third kappa shape index (κ3) is 5.22. The molecule has 29 heavy (non-hydrogen) atoms. The average Bonchev–Trinajstić information content (AvgIpc) is 2.57. The molecule has 2 aromatic rings. The topological polar surface area (TPSA) is 20.2 Å². The van der Waals surface area contributed by atoms with Crippen molar-refractivity contribution in [2.24, 2.45) is 0 Å². The molecule has 160 valence electrons. The normalized spacial score (nSPS) is 15.3. The molecule has 2 aromatic carbocycles. The second-order valence-electron chi connectivity index (χ2n) is 7.56. The molecule has 1 N–H and O–H groups in total. The first-order valence-corrected chi connectivity index (χ1v) is 8.84. The summed E-state index contributed by atoms with van der Waals surface area (Å²) in [6.07, 6.45) is -12.5. The Balaban J connectivity index is 2.51. The molecule has 0 aromatic heterocycles. The Hall–Kier alpha value is -1.80. The Morgan fingerprint density at radius 3 is 1.93 bits per heavy atom. The van der Waals surface area contributed by atoms with Crippen LogP contribution in [0.25, 0.3) is 0 Å². The van der Waals surface area contributed by atoms with Crippen LogP contribution in [0.15, 0.2) is 42.5 Å². The fraction of sp³-hybridized carbons (Fsp3) is 0.400. The summed E-state index contributed by atoms with van der Waals surface area (Å²) >= 11 is 5.46. The van der Waals surface area contributed by atoms with Gasteiger partial charge < -0.3 is 5.11 Å². The molecule has 0 saturated heterocycles. The monoisotopic (exact) mass is 442 g/mol. The van der Waals surface area contributed by atoms with E-state index in [0.29, 0.717) is 11.6 Å². The average molecular weight is 443 g/mol. The van der Waals surface area contributed by atoms with Gasteiger partial charge in [-0.3, -0.25) is 0 Å². The Morgan fingerprint density at radius 1 is 0.897 bits per heavy atom. The highest BCUT2D eigenvalue weighted by Gasteiger charge is 2.56. The summed E-state index contributed by atoms with van der Waals surface area (Å²) in [4.78, 5) is 0. The molecule has 0 aliphatic rings. The summed E-state index contributed by atoms with van der Waals surface area (Å²) in [6.45, 7) is 2.91. The van der Waals surface area contributed by atoms with Crippen LogP contribution in [0.1, 0.15) is 37.0 Å². The molecule has 1 unspecified atom stereocenters. The molecule has 0 fully saturated rings. The summed E-state index contributed by atoms with van der Waals surface area (Å²) in [7, 11) is 0. The molecule has 9 heteroatoms. The van der Waals surface area contributed by atoms with E-state index in [9.17, 15) is 35.8 Å². The molecule has 1 atom stereocenters. The van der Waals surface area contributed by atoms with Crippen molar-refractivity contribution in [3.8, 4) is 0 Å². The van der Waals surface area contributed by atoms with Gasteiger partial charge in [-0.15, -0.1) is 0 Å². The lowest BCUT2D eigenvalue weighted by Gasteiger charge is -2.38. The maximum Gasteiger partial charge on any atom is 0.417 e. The first-order chi connectivity index (χ1) is 13.1. The first-order valence-electron chi connectivity index (χ1n) is 8.47. The molecule has 0 radical (unpaired) electrons. The molecular weight excluding hydrogens is 425 g/mol. The predicted octanol–water partition coefficient (Wildman–Crippen LogP) is 6.70. The SMILES string of the molecule is CC(C)(CC(O)(Cc1cc(C(F)(F)F)cc(Cl)c1F)C(F)(F)F)c1ccccc1. The molecule has 0 amide bonds. The van der Waals surface area contributed by atoms with Gasteiger partial charge in [0.1, 0.15) is 5.82 Å². The highest BCUT2D eigenvalue weighted by molar-refractivity contribution is 6.30. The zero-order valence-electron chi connectivity index (χ0n) is 15.4. The molecule has 0 saturated carbocycles. The van der Waals surface area contributed by atoms with Gasteiger partial charge in [0.2, 0.25) is 0 Å². The smallest absolute Gasteiger partial charge is 0.380 e. The van der Waals surface area contributed by atoms with E-state index in [2.05, 4.69) is 0 Å². The van der Waals surface area contributed by atoms with Crippen LogP contribution < -0.4 is 0 Å². The van der Waals surface area contributed by atoms with Gasteiger partial charge in [-0.25, -0.2) is 4.39 Å². The Bertz CT molecular complexity index is 860. The maximum absolute atomic E-state index is 14.3. The van der Waals surface area contributed by atoms with Gasteiger partial charge >= 0.3 is 12.4 Å². The lowest BCUT2D eigenvalue weighted by Crippen LogP contribution is -2.51. The van der Waals surface area contributed by atoms with Crippen molar-refractivity contribution in [1.29, 1.82) is 0 Å². The van der Waals surface area contributed by atoms with Crippen LogP contribution in [0.3, 0.4) is 0 Å². The lowest BCUT2D eigenvalue weighted by atomic mass is 9.73. The quantitative estimate of drug-likeness (QED) is 0.511. The first kappa shape index (κ1) is 23.5. The minimum absolute atomic E-state index is 0.243. The van der Waals surface area contributed by atoms with Gasteiger partial charge in [0.05, 0.1) is 10.6 Å². The number of rotatable bonds is 5. The van der Waals surface area contributed by atoms with E-state index in [-0.39, 0.29) is 6.07 Å². The number of hydrogen-bond acceptors (Lipinski definition) is 1. The molecule has 0 spiro atoms. The van der Waals surface area contributed by atoms with E-state index in [1.807, 2.05) is 0 Å². The number of halogens is 8. The number of benzene rings is 2. The third-order valence-corrected chi connectivity index (χ3v) is 5.01. The van der Waals surface area contributed by atoms with Gasteiger partial charge in [0.15, 0.2) is 5.60 Å². The predicted molar refractivity (Wildman–Crippen MR) is 95.2 cm³/mol. The minimum atomic E-state index is -5.23. The van der Waals surface area contributed by atoms with E-state index in [0.717, 1.165) is 0 Å². The largest absolute Gasteiger partial charge is 0.417 e. The van der Waals surface area contributed by atoms with E-state index in [1.165, 1.54) is 13.8 Å². The van der Waals surface area contributed by atoms with Crippen molar-refractivity contribution in [2.75, 3.05) is 0 Å². The van der Waals surface area contributed by atoms with Gasteiger partial charge in [-0.2, -0.15) is 26.3 Å². The Labute approximate surface area is 168 Å². The molecule has 2 rings (SSSR count). The van der Waals surface area contributed by atoms with Crippen LogP contribution in [-0.2, 0) is 18.0 Å². The van der Waals surface area contributed by atoms with Crippen molar-refractivity contribution in [3.63, 3.8) is 0 Å². The van der Waals surface area contributed by atoms with Crippen LogP contribution >= 0.6 is 11.6 Å². The second kappa shape index (κ2) is 7.80. The summed E-state index contributed by atoms with van der Waals surface area (Å²) < 4.78 is 94.5. The number of hydrogen-bond donors (Lipinski definition) is 1. The standard InChI is InChI=1S/C20H18ClF7O/c1-17(2,13-6-4-3-5-7-13)11-18(29,20(26,27)28)10-12-8-14(19(23,24)25)9-15(21)16(12)22/h3-9,29H,10-11H2,1-2H3. The fourth-order valence-electron chi connectivity index (χ4n) is 3.24. The number of alkyl halides is 6. The van der Waals surface area contributed by atoms with Crippen LogP contribution in [0, 0.1) is 5.82 Å². The summed E-state index contributed by atoms with van der Waals surface area (Å²) in [6, 6.07) is 8.55. The molecule has 1 nitrogen and oxygen atoms in total. The highest BCUT2D eigenvalue weighted by atomic mass is 35.5. The van der Waals surface area contributed by atoms with Crippen LogP contribution in [-0.4, -0.2) is 16.9 Å². The van der Waals surface area contributed by atoms with Gasteiger partial charge in [0, 0.05) is 6.42 Å². The summed E-state index contributed by atoms with van der Waals surface area (Å²) in [5.74, 6) is -1.43. The van der Waals surface area contributed by atoms with E-state index < -0.39 is 58.2 Å². The van der Waals surface area contributed by atoms with E-state index in [1.54, 1.807) is 30.3 Å². The summed E-state index contributed by atoms with van der Waals surface area (Å²) in [5.41, 5.74) is -6.58. The number of aliphatic hydroxyl groups is 1. The molecule has 0 bridgehead atoms. The zero-order chi connectivity index (χ0) is 22.3. The van der Waals surface area contributed by atoms with E-state index >= 15 is 0 Å². The maximum atomic E-state index is 14.3. The van der Waals surface area contributed by atoms with Crippen molar-refractivity contribution >= 4 is 11.6 Å². The minimum Gasteiger partial charge on any atom is -0.380 e. The highest BCUT2D eigenvalue weighted by Crippen LogP contribution is 2.44. The molecule has 0 heterocycles. The third-order valence-electron chi connectivity index (χ3n) is 4.73. The second-order valence-corrected chi connectivity index (χ2v) is 7.97. The van der Waals surface area contributed by atoms with E-state index in [4.69, 9.17) is 11.6 Å². The Morgan fingerprint density at radius 2 is 1.45 bits per heavy atom. The summed E-state index contributed by atoms with van der Waals surface area (Å²) in [5, 5.41) is 9.52. The van der Waals surface area contributed by atoms with Crippen molar-refractivity contribution in [3.05, 3.63) is 70.0 Å². The van der Waals surface area contributed by atoms with Gasteiger partial charge in [-0.1, -0.05) is 55.8 Å². The van der Waals surface area contributed by atoms with Crippen LogP contribution in [0.2, 0.25) is 5.02 Å². The van der Waals surface area contributed by atoms with Gasteiger partial charge in [0.25, 0.3) is 0 Å². The van der Waals surface area contributed by atoms with Crippen LogP contribution in [0.5, 0.6) is 0 Å². The van der Waals surface area contributed by atoms with Crippen molar-refractivity contribution < 1.29 is 35.8 Å². The fourth-order valence-corrected chi connectivity index (χ4v) is 3.48. The lowest BCUT2D eigenvalue weighted by molar-refractivity contribution is -0.266. The van der Waals surface area contributed by atoms with Gasteiger partial charge in [-0.05, 0) is 35.1 Å². The zero-order valence-corrected chi connectivity index (χ0v) is 16.2. The van der Waals surface area contributed by atoms with Crippen LogP contribution in [0.4, 0.5) is 30.7 Å². The molecule has 0 aliphatic heterocycles. The van der Waals surface area contributed by atoms with Crippen molar-refractivity contribution in [1.82, 2.24) is 0 Å². The van der Waals surface area contributed by atoms with Crippen molar-refractivity contribution in [2.45, 2.75) is 50.1 Å². The molecular formula is C20H18ClF7O. The molecule has 0 aliphatic carbocycles. The Kier molecular flexibility index (Phi) is 6.31.